The van der Waals surface area contributed by atoms with Crippen LogP contribution in [-0.4, -0.2) is 35.0 Å². The summed E-state index contributed by atoms with van der Waals surface area (Å²) in [7, 11) is 0. The average Bonchev–Trinajstić information content (AvgIpc) is 2.95. The molecule has 0 aliphatic carbocycles. The summed E-state index contributed by atoms with van der Waals surface area (Å²) >= 11 is 2.73. The van der Waals surface area contributed by atoms with Crippen LogP contribution >= 0.6 is 35.5 Å². The van der Waals surface area contributed by atoms with Crippen molar-refractivity contribution in [1.29, 1.82) is 0 Å². The van der Waals surface area contributed by atoms with Gasteiger partial charge in [0.1, 0.15) is 5.01 Å². The number of alkyl halides is 3. The fourth-order valence-electron chi connectivity index (χ4n) is 2.14. The molecule has 0 saturated carbocycles. The number of hydrogen-bond donors (Lipinski definition) is 2. The molecule has 2 rings (SSSR count). The first-order valence-electron chi connectivity index (χ1n) is 7.03. The Bertz CT molecular complexity index is 507. The van der Waals surface area contributed by atoms with Gasteiger partial charge in [-0.3, -0.25) is 4.79 Å². The molecular weight excluding hydrogens is 371 g/mol. The number of rotatable bonds is 5. The summed E-state index contributed by atoms with van der Waals surface area (Å²) in [6.45, 7) is 2.69. The number of thiazole rings is 1. The number of nitrogens with one attached hydrogen (secondary N) is 2. The molecule has 0 radical (unpaired) electrons. The summed E-state index contributed by atoms with van der Waals surface area (Å²) < 4.78 is 37.8. The molecule has 1 aromatic heterocycles. The van der Waals surface area contributed by atoms with Crippen LogP contribution in [0.25, 0.3) is 0 Å². The van der Waals surface area contributed by atoms with Crippen molar-refractivity contribution >= 4 is 41.4 Å². The zero-order chi connectivity index (χ0) is 16.2. The predicted octanol–water partition coefficient (Wildman–Crippen LogP) is 3.25. The van der Waals surface area contributed by atoms with Gasteiger partial charge in [0.2, 0.25) is 5.91 Å². The minimum Gasteiger partial charge on any atom is -0.347 e. The average molecular weight is 390 g/mol. The van der Waals surface area contributed by atoms with Gasteiger partial charge in [0.25, 0.3) is 0 Å². The quantitative estimate of drug-likeness (QED) is 0.811. The third-order valence-corrected chi connectivity index (χ3v) is 5.37. The first-order valence-corrected chi connectivity index (χ1v) is 9.06. The Morgan fingerprint density at radius 3 is 2.83 bits per heavy atom. The molecule has 2 atom stereocenters. The van der Waals surface area contributed by atoms with Gasteiger partial charge in [-0.1, -0.05) is 6.92 Å². The second kappa shape index (κ2) is 9.10. The predicted molar refractivity (Wildman–Crippen MR) is 89.3 cm³/mol. The van der Waals surface area contributed by atoms with Crippen LogP contribution in [0.2, 0.25) is 0 Å². The van der Waals surface area contributed by atoms with Crippen molar-refractivity contribution < 1.29 is 18.0 Å². The van der Waals surface area contributed by atoms with E-state index in [4.69, 9.17) is 0 Å². The van der Waals surface area contributed by atoms with Crippen LogP contribution in [0.3, 0.4) is 0 Å². The van der Waals surface area contributed by atoms with E-state index in [1.165, 1.54) is 0 Å². The van der Waals surface area contributed by atoms with Gasteiger partial charge in [-0.25, -0.2) is 4.98 Å². The molecular formula is C13H19ClF3N3OS2. The van der Waals surface area contributed by atoms with Gasteiger partial charge in [0.05, 0.1) is 6.04 Å². The summed E-state index contributed by atoms with van der Waals surface area (Å²) in [5.74, 6) is 1.75. The first-order chi connectivity index (χ1) is 10.4. The fourth-order valence-corrected chi connectivity index (χ4v) is 4.05. The van der Waals surface area contributed by atoms with E-state index in [-0.39, 0.29) is 24.4 Å². The number of thioether (sulfide) groups is 1. The van der Waals surface area contributed by atoms with Crippen LogP contribution in [0, 0.1) is 0 Å². The summed E-state index contributed by atoms with van der Waals surface area (Å²) in [5, 5.41) is 7.34. The highest BCUT2D eigenvalue weighted by molar-refractivity contribution is 7.99. The van der Waals surface area contributed by atoms with E-state index < -0.39 is 17.9 Å². The third kappa shape index (κ3) is 6.13. The molecule has 4 nitrogen and oxygen atoms in total. The van der Waals surface area contributed by atoms with Crippen LogP contribution in [0.15, 0.2) is 5.38 Å². The molecule has 1 aliphatic heterocycles. The molecule has 1 saturated heterocycles. The van der Waals surface area contributed by atoms with E-state index in [1.54, 1.807) is 11.8 Å². The molecule has 2 heterocycles. The fraction of sp³-hybridized carbons (Fsp3) is 0.692. The molecule has 0 spiro atoms. The maximum atomic E-state index is 12.6. The van der Waals surface area contributed by atoms with Crippen molar-refractivity contribution in [3.8, 4) is 0 Å². The molecule has 1 fully saturated rings. The van der Waals surface area contributed by atoms with Crippen LogP contribution in [-0.2, 0) is 11.0 Å². The minimum atomic E-state index is -4.44. The molecule has 23 heavy (non-hydrogen) atoms. The second-order valence-corrected chi connectivity index (χ2v) is 7.07. The monoisotopic (exact) mass is 389 g/mol. The van der Waals surface area contributed by atoms with Crippen LogP contribution in [0.4, 0.5) is 13.2 Å². The zero-order valence-corrected chi connectivity index (χ0v) is 14.9. The summed E-state index contributed by atoms with van der Waals surface area (Å²) in [6.07, 6.45) is -3.61. The number of amides is 1. The van der Waals surface area contributed by atoms with Crippen molar-refractivity contribution in [3.05, 3.63) is 16.1 Å². The van der Waals surface area contributed by atoms with E-state index >= 15 is 0 Å². The third-order valence-electron chi connectivity index (χ3n) is 3.28. The van der Waals surface area contributed by atoms with Crippen LogP contribution in [0.5, 0.6) is 0 Å². The number of halogens is 4. The van der Waals surface area contributed by atoms with E-state index in [1.807, 2.05) is 6.92 Å². The Kier molecular flexibility index (Phi) is 8.12. The summed E-state index contributed by atoms with van der Waals surface area (Å²) in [4.78, 5) is 15.7. The Morgan fingerprint density at radius 1 is 1.57 bits per heavy atom. The molecule has 0 aromatic carbocycles. The first kappa shape index (κ1) is 20.5. The van der Waals surface area contributed by atoms with E-state index in [0.717, 1.165) is 34.8 Å². The molecule has 1 amide bonds. The lowest BCUT2D eigenvalue weighted by Crippen LogP contribution is -2.41. The van der Waals surface area contributed by atoms with Gasteiger partial charge in [-0.2, -0.15) is 24.9 Å². The van der Waals surface area contributed by atoms with E-state index in [2.05, 4.69) is 15.6 Å². The molecule has 1 aromatic rings. The van der Waals surface area contributed by atoms with Gasteiger partial charge in [0.15, 0.2) is 5.69 Å². The number of nitrogens with zero attached hydrogens (tertiary/aromatic N) is 1. The van der Waals surface area contributed by atoms with Gasteiger partial charge < -0.3 is 10.6 Å². The molecule has 2 N–H and O–H groups in total. The summed E-state index contributed by atoms with van der Waals surface area (Å²) in [6, 6.07) is -0.344. The Labute approximate surface area is 147 Å². The highest BCUT2D eigenvalue weighted by Gasteiger charge is 2.34. The minimum absolute atomic E-state index is 0. The topological polar surface area (TPSA) is 54.0 Å². The van der Waals surface area contributed by atoms with Crippen LogP contribution < -0.4 is 10.6 Å². The maximum absolute atomic E-state index is 12.6. The lowest BCUT2D eigenvalue weighted by molar-refractivity contribution is -0.140. The van der Waals surface area contributed by atoms with E-state index in [9.17, 15) is 18.0 Å². The second-order valence-electron chi connectivity index (χ2n) is 5.03. The SMILES string of the molecule is CCC(NC(=O)CC1CSCCN1)c1nc(C(F)(F)F)cs1.Cl. The molecule has 132 valence electrons. The Morgan fingerprint density at radius 2 is 2.30 bits per heavy atom. The number of hydrogen-bond acceptors (Lipinski definition) is 5. The molecule has 1 aliphatic rings. The lowest BCUT2D eigenvalue weighted by atomic mass is 10.2. The van der Waals surface area contributed by atoms with Crippen molar-refractivity contribution in [3.63, 3.8) is 0 Å². The normalized spacial score (nSPS) is 19.7. The number of carbonyl (C=O) groups is 1. The Balaban J connectivity index is 0.00000264. The van der Waals surface area contributed by atoms with Crippen molar-refractivity contribution in [2.24, 2.45) is 0 Å². The highest BCUT2D eigenvalue weighted by atomic mass is 35.5. The van der Waals surface area contributed by atoms with Gasteiger partial charge in [-0.05, 0) is 6.42 Å². The Hall–Kier alpha value is -0.510. The van der Waals surface area contributed by atoms with E-state index in [0.29, 0.717) is 17.8 Å². The standard InChI is InChI=1S/C13H18F3N3OS2.ClH/c1-2-9(12-19-10(7-22-12)13(14,15)16)18-11(20)5-8-6-21-4-3-17-8;/h7-9,17H,2-6H2,1H3,(H,18,20);1H. The molecule has 0 bridgehead atoms. The number of carbonyl (C=O) groups excluding carboxylic acids is 1. The molecule has 10 heteroatoms. The maximum Gasteiger partial charge on any atom is 0.434 e. The van der Waals surface area contributed by atoms with Gasteiger partial charge >= 0.3 is 6.18 Å². The smallest absolute Gasteiger partial charge is 0.347 e. The zero-order valence-electron chi connectivity index (χ0n) is 12.5. The van der Waals surface area contributed by atoms with Gasteiger partial charge in [0, 0.05) is 35.9 Å². The van der Waals surface area contributed by atoms with Crippen molar-refractivity contribution in [1.82, 2.24) is 15.6 Å². The highest BCUT2D eigenvalue weighted by Crippen LogP contribution is 2.32. The van der Waals surface area contributed by atoms with Gasteiger partial charge in [-0.15, -0.1) is 23.7 Å². The lowest BCUT2D eigenvalue weighted by Gasteiger charge is -2.23. The molecule has 2 unspecified atom stereocenters. The number of aromatic nitrogens is 1. The van der Waals surface area contributed by atoms with Crippen molar-refractivity contribution in [2.75, 3.05) is 18.1 Å². The largest absolute Gasteiger partial charge is 0.434 e. The summed E-state index contributed by atoms with van der Waals surface area (Å²) in [5.41, 5.74) is -0.898. The van der Waals surface area contributed by atoms with Crippen molar-refractivity contribution in [2.45, 2.75) is 38.0 Å². The van der Waals surface area contributed by atoms with Crippen LogP contribution in [0.1, 0.15) is 36.5 Å².